The van der Waals surface area contributed by atoms with E-state index >= 15 is 0 Å². The molecule has 1 fully saturated rings. The summed E-state index contributed by atoms with van der Waals surface area (Å²) in [6.45, 7) is 0. The van der Waals surface area contributed by atoms with E-state index in [0.717, 1.165) is 24.9 Å². The molecule has 164 valence electrons. The molecule has 1 spiro atoms. The zero-order valence-corrected chi connectivity index (χ0v) is 18.5. The lowest BCUT2D eigenvalue weighted by atomic mass is 9.59. The fourth-order valence-corrected chi connectivity index (χ4v) is 6.10. The standard InChI is InChI=1S/C27H26ClNO3/c28-20-5-3-6-21(17-20)29-27(25(31)32)14-12-26(13-15-27)23-7-2-1-4-19(23)16-24(26)18-8-10-22(30)11-9-18/h1-11,17,24,29-30H,12-16H2,(H,31,32). The highest BCUT2D eigenvalue weighted by Crippen LogP contribution is 2.58. The molecule has 0 aromatic heterocycles. The summed E-state index contributed by atoms with van der Waals surface area (Å²) in [6, 6.07) is 23.4. The van der Waals surface area contributed by atoms with Crippen molar-refractivity contribution in [2.24, 2.45) is 0 Å². The Kier molecular flexibility index (Phi) is 5.13. The Balaban J connectivity index is 1.50. The number of nitrogens with one attached hydrogen (secondary N) is 1. The van der Waals surface area contributed by atoms with Crippen molar-refractivity contribution >= 4 is 23.3 Å². The summed E-state index contributed by atoms with van der Waals surface area (Å²) >= 11 is 6.14. The predicted molar refractivity (Wildman–Crippen MR) is 127 cm³/mol. The molecule has 0 radical (unpaired) electrons. The highest BCUT2D eigenvalue weighted by atomic mass is 35.5. The van der Waals surface area contributed by atoms with Crippen LogP contribution in [0.25, 0.3) is 0 Å². The largest absolute Gasteiger partial charge is 0.508 e. The van der Waals surface area contributed by atoms with E-state index in [-0.39, 0.29) is 17.1 Å². The van der Waals surface area contributed by atoms with Crippen LogP contribution in [-0.4, -0.2) is 21.7 Å². The first-order chi connectivity index (χ1) is 15.4. The lowest BCUT2D eigenvalue weighted by Crippen LogP contribution is -2.52. The minimum absolute atomic E-state index is 0.109. The minimum Gasteiger partial charge on any atom is -0.508 e. The molecule has 32 heavy (non-hydrogen) atoms. The van der Waals surface area contributed by atoms with E-state index in [0.29, 0.717) is 17.9 Å². The molecule has 0 aliphatic heterocycles. The summed E-state index contributed by atoms with van der Waals surface area (Å²) in [6.07, 6.45) is 3.53. The molecular weight excluding hydrogens is 422 g/mol. The highest BCUT2D eigenvalue weighted by Gasteiger charge is 2.54. The van der Waals surface area contributed by atoms with Crippen LogP contribution in [0.15, 0.2) is 72.8 Å². The maximum absolute atomic E-state index is 12.5. The van der Waals surface area contributed by atoms with Gasteiger partial charge in [0.15, 0.2) is 0 Å². The number of phenols is 1. The van der Waals surface area contributed by atoms with Crippen LogP contribution in [0.3, 0.4) is 0 Å². The molecule has 0 heterocycles. The number of halogens is 1. The van der Waals surface area contributed by atoms with Crippen molar-refractivity contribution in [1.82, 2.24) is 0 Å². The second kappa shape index (κ2) is 7.86. The third kappa shape index (κ3) is 3.43. The summed E-state index contributed by atoms with van der Waals surface area (Å²) in [5, 5.41) is 23.9. The number of aromatic hydroxyl groups is 1. The molecule has 1 atom stereocenters. The van der Waals surface area contributed by atoms with E-state index in [2.05, 4.69) is 29.6 Å². The van der Waals surface area contributed by atoms with Crippen LogP contribution < -0.4 is 5.32 Å². The SMILES string of the molecule is O=C(O)C1(Nc2cccc(Cl)c2)CCC2(CC1)c1ccccc1CC2c1ccc(O)cc1. The quantitative estimate of drug-likeness (QED) is 0.449. The Morgan fingerprint density at radius 2 is 1.66 bits per heavy atom. The number of anilines is 1. The average molecular weight is 448 g/mol. The average Bonchev–Trinajstić information content (AvgIpc) is 3.10. The van der Waals surface area contributed by atoms with Gasteiger partial charge < -0.3 is 15.5 Å². The van der Waals surface area contributed by atoms with Gasteiger partial charge in [0, 0.05) is 16.1 Å². The minimum atomic E-state index is -1.02. The molecule has 3 N–H and O–H groups in total. The Morgan fingerprint density at radius 3 is 2.34 bits per heavy atom. The monoisotopic (exact) mass is 447 g/mol. The topological polar surface area (TPSA) is 69.6 Å². The van der Waals surface area contributed by atoms with Crippen LogP contribution in [-0.2, 0) is 16.6 Å². The Morgan fingerprint density at radius 1 is 0.938 bits per heavy atom. The van der Waals surface area contributed by atoms with Crippen molar-refractivity contribution in [2.45, 2.75) is 49.0 Å². The number of hydrogen-bond donors (Lipinski definition) is 3. The van der Waals surface area contributed by atoms with Crippen LogP contribution in [0, 0.1) is 0 Å². The van der Waals surface area contributed by atoms with Crippen LogP contribution in [0.1, 0.15) is 48.3 Å². The molecular formula is C27H26ClNO3. The van der Waals surface area contributed by atoms with Crippen molar-refractivity contribution in [2.75, 3.05) is 5.32 Å². The molecule has 2 aliphatic carbocycles. The normalized spacial score (nSPS) is 26.6. The summed E-state index contributed by atoms with van der Waals surface area (Å²) in [7, 11) is 0. The first-order valence-electron chi connectivity index (χ1n) is 11.1. The van der Waals surface area contributed by atoms with Crippen molar-refractivity contribution in [3.05, 3.63) is 94.5 Å². The zero-order chi connectivity index (χ0) is 22.3. The molecule has 0 saturated heterocycles. The Bertz CT molecular complexity index is 1150. The molecule has 2 aliphatic rings. The Hall–Kier alpha value is -2.98. The van der Waals surface area contributed by atoms with Gasteiger partial charge in [0.25, 0.3) is 0 Å². The van der Waals surface area contributed by atoms with E-state index in [9.17, 15) is 15.0 Å². The van der Waals surface area contributed by atoms with Crippen molar-refractivity contribution in [1.29, 1.82) is 0 Å². The van der Waals surface area contributed by atoms with E-state index < -0.39 is 11.5 Å². The fraction of sp³-hybridized carbons (Fsp3) is 0.296. The van der Waals surface area contributed by atoms with Crippen molar-refractivity contribution in [3.63, 3.8) is 0 Å². The smallest absolute Gasteiger partial charge is 0.329 e. The van der Waals surface area contributed by atoms with E-state index in [1.54, 1.807) is 24.3 Å². The highest BCUT2D eigenvalue weighted by molar-refractivity contribution is 6.30. The van der Waals surface area contributed by atoms with Crippen LogP contribution in [0.5, 0.6) is 5.75 Å². The molecule has 0 amide bonds. The lowest BCUT2D eigenvalue weighted by Gasteiger charge is -2.47. The van der Waals surface area contributed by atoms with Crippen molar-refractivity contribution < 1.29 is 15.0 Å². The molecule has 5 heteroatoms. The number of aliphatic carboxylic acids is 1. The second-order valence-electron chi connectivity index (χ2n) is 9.18. The maximum atomic E-state index is 12.5. The van der Waals surface area contributed by atoms with Gasteiger partial charge in [-0.3, -0.25) is 0 Å². The first-order valence-corrected chi connectivity index (χ1v) is 11.4. The number of carboxylic acid groups (broad SMARTS) is 1. The third-order valence-electron chi connectivity index (χ3n) is 7.55. The number of hydrogen-bond acceptors (Lipinski definition) is 3. The second-order valence-corrected chi connectivity index (χ2v) is 9.62. The van der Waals surface area contributed by atoms with Crippen LogP contribution >= 0.6 is 11.6 Å². The number of phenolic OH excluding ortho intramolecular Hbond substituents is 1. The zero-order valence-electron chi connectivity index (χ0n) is 17.7. The predicted octanol–water partition coefficient (Wildman–Crippen LogP) is 6.13. The van der Waals surface area contributed by atoms with Crippen LogP contribution in [0.2, 0.25) is 5.02 Å². The number of fused-ring (bicyclic) bond motifs is 2. The molecule has 1 unspecified atom stereocenters. The molecule has 3 aromatic carbocycles. The van der Waals surface area contributed by atoms with E-state index in [4.69, 9.17) is 11.6 Å². The maximum Gasteiger partial charge on any atom is 0.329 e. The molecule has 3 aromatic rings. The van der Waals surface area contributed by atoms with Gasteiger partial charge in [-0.15, -0.1) is 0 Å². The Labute approximate surface area is 192 Å². The number of benzene rings is 3. The van der Waals surface area contributed by atoms with Gasteiger partial charge in [0.1, 0.15) is 11.3 Å². The van der Waals surface area contributed by atoms with Crippen LogP contribution in [0.4, 0.5) is 5.69 Å². The van der Waals surface area contributed by atoms with E-state index in [1.165, 1.54) is 16.7 Å². The summed E-state index contributed by atoms with van der Waals surface area (Å²) in [4.78, 5) is 12.5. The lowest BCUT2D eigenvalue weighted by molar-refractivity contribution is -0.144. The van der Waals surface area contributed by atoms with Gasteiger partial charge in [-0.05, 0) is 85.0 Å². The summed E-state index contributed by atoms with van der Waals surface area (Å²) in [5.41, 5.74) is 3.49. The fourth-order valence-electron chi connectivity index (χ4n) is 5.91. The van der Waals surface area contributed by atoms with Gasteiger partial charge in [-0.2, -0.15) is 0 Å². The summed E-state index contributed by atoms with van der Waals surface area (Å²) < 4.78 is 0. The first kappa shape index (κ1) is 20.9. The van der Waals surface area contributed by atoms with Gasteiger partial charge in [-0.1, -0.05) is 54.1 Å². The van der Waals surface area contributed by atoms with Gasteiger partial charge in [0.2, 0.25) is 0 Å². The summed E-state index contributed by atoms with van der Waals surface area (Å²) in [5.74, 6) is -0.296. The molecule has 0 bridgehead atoms. The third-order valence-corrected chi connectivity index (χ3v) is 7.79. The van der Waals surface area contributed by atoms with Crippen molar-refractivity contribution in [3.8, 4) is 5.75 Å². The number of rotatable bonds is 4. The van der Waals surface area contributed by atoms with Gasteiger partial charge in [0.05, 0.1) is 0 Å². The molecule has 1 saturated carbocycles. The molecule has 5 rings (SSSR count). The molecule has 4 nitrogen and oxygen atoms in total. The number of carbonyl (C=O) groups is 1. The van der Waals surface area contributed by atoms with E-state index in [1.807, 2.05) is 24.3 Å². The number of carboxylic acids is 1. The van der Waals surface area contributed by atoms with Gasteiger partial charge >= 0.3 is 5.97 Å². The van der Waals surface area contributed by atoms with Gasteiger partial charge in [-0.25, -0.2) is 4.79 Å².